The van der Waals surface area contributed by atoms with Crippen LogP contribution in [0.3, 0.4) is 0 Å². The van der Waals surface area contributed by atoms with Crippen LogP contribution in [0.4, 0.5) is 5.69 Å². The van der Waals surface area contributed by atoms with Crippen molar-refractivity contribution in [3.63, 3.8) is 0 Å². The minimum Gasteiger partial charge on any atom is -0.481 e. The van der Waals surface area contributed by atoms with E-state index in [1.165, 1.54) is 0 Å². The molecule has 0 atom stereocenters. The highest BCUT2D eigenvalue weighted by Crippen LogP contribution is 2.25. The van der Waals surface area contributed by atoms with Crippen LogP contribution in [-0.4, -0.2) is 17.1 Å². The van der Waals surface area contributed by atoms with Crippen molar-refractivity contribution in [2.45, 2.75) is 6.54 Å². The van der Waals surface area contributed by atoms with E-state index < -0.39 is 0 Å². The number of benzene rings is 1. The van der Waals surface area contributed by atoms with E-state index in [2.05, 4.69) is 37.3 Å². The quantitative estimate of drug-likeness (QED) is 0.777. The van der Waals surface area contributed by atoms with Gasteiger partial charge in [-0.1, -0.05) is 15.9 Å². The van der Waals surface area contributed by atoms with Crippen LogP contribution in [0.2, 0.25) is 0 Å². The molecule has 0 saturated carbocycles. The molecular formula is C16H14BrN3O. The third kappa shape index (κ3) is 3.13. The molecule has 0 amide bonds. The number of fused-ring (bicyclic) bond motifs is 1. The first kappa shape index (κ1) is 13.8. The van der Waals surface area contributed by atoms with Crippen LogP contribution in [0.5, 0.6) is 5.88 Å². The number of methoxy groups -OCH3 is 1. The summed E-state index contributed by atoms with van der Waals surface area (Å²) in [6, 6.07) is 12.0. The van der Waals surface area contributed by atoms with Gasteiger partial charge in [0.15, 0.2) is 0 Å². The average Bonchev–Trinajstić information content (AvgIpc) is 2.52. The topological polar surface area (TPSA) is 47.0 Å². The second kappa shape index (κ2) is 6.10. The van der Waals surface area contributed by atoms with Gasteiger partial charge in [-0.05, 0) is 35.9 Å². The van der Waals surface area contributed by atoms with Crippen LogP contribution in [0.25, 0.3) is 10.9 Å². The SMILES string of the molecule is COc1cc(CNc2ccnc3cc(Br)ccc23)ccn1. The predicted molar refractivity (Wildman–Crippen MR) is 87.6 cm³/mol. The van der Waals surface area contributed by atoms with Crippen LogP contribution < -0.4 is 10.1 Å². The summed E-state index contributed by atoms with van der Waals surface area (Å²) in [6.45, 7) is 0.702. The Morgan fingerprint density at radius 3 is 2.81 bits per heavy atom. The molecule has 3 aromatic rings. The highest BCUT2D eigenvalue weighted by atomic mass is 79.9. The summed E-state index contributed by atoms with van der Waals surface area (Å²) in [6.07, 6.45) is 3.56. The number of nitrogens with zero attached hydrogens (tertiary/aromatic N) is 2. The first-order valence-electron chi connectivity index (χ1n) is 6.53. The summed E-state index contributed by atoms with van der Waals surface area (Å²) >= 11 is 3.47. The van der Waals surface area contributed by atoms with E-state index in [1.54, 1.807) is 13.3 Å². The second-order valence-corrected chi connectivity index (χ2v) is 5.50. The zero-order valence-corrected chi connectivity index (χ0v) is 13.1. The lowest BCUT2D eigenvalue weighted by Gasteiger charge is -2.10. The van der Waals surface area contributed by atoms with E-state index in [1.807, 2.05) is 36.5 Å². The van der Waals surface area contributed by atoms with Crippen molar-refractivity contribution >= 4 is 32.5 Å². The molecule has 4 nitrogen and oxygen atoms in total. The molecule has 1 N–H and O–H groups in total. The molecule has 3 rings (SSSR count). The number of nitrogens with one attached hydrogen (secondary N) is 1. The Bertz CT molecular complexity index is 776. The van der Waals surface area contributed by atoms with Crippen molar-refractivity contribution in [3.8, 4) is 5.88 Å². The highest BCUT2D eigenvalue weighted by Gasteiger charge is 2.03. The van der Waals surface area contributed by atoms with Crippen LogP contribution >= 0.6 is 15.9 Å². The molecule has 0 radical (unpaired) electrons. The van der Waals surface area contributed by atoms with Crippen molar-refractivity contribution in [3.05, 3.63) is 58.8 Å². The molecule has 0 spiro atoms. The number of halogens is 1. The summed E-state index contributed by atoms with van der Waals surface area (Å²) < 4.78 is 6.16. The third-order valence-corrected chi connectivity index (χ3v) is 3.69. The number of ether oxygens (including phenoxy) is 1. The first-order chi connectivity index (χ1) is 10.3. The molecule has 0 aliphatic carbocycles. The fourth-order valence-corrected chi connectivity index (χ4v) is 2.49. The van der Waals surface area contributed by atoms with Gasteiger partial charge in [0.25, 0.3) is 0 Å². The Morgan fingerprint density at radius 1 is 1.10 bits per heavy atom. The fraction of sp³-hybridized carbons (Fsp3) is 0.125. The van der Waals surface area contributed by atoms with Crippen LogP contribution in [0.15, 0.2) is 53.3 Å². The number of hydrogen-bond acceptors (Lipinski definition) is 4. The monoisotopic (exact) mass is 343 g/mol. The Labute approximate surface area is 131 Å². The van der Waals surface area contributed by atoms with Gasteiger partial charge in [0.1, 0.15) is 0 Å². The molecule has 2 aromatic heterocycles. The number of anilines is 1. The lowest BCUT2D eigenvalue weighted by atomic mass is 10.2. The van der Waals surface area contributed by atoms with Gasteiger partial charge in [-0.2, -0.15) is 0 Å². The largest absolute Gasteiger partial charge is 0.481 e. The molecule has 0 fully saturated rings. The second-order valence-electron chi connectivity index (χ2n) is 4.58. The van der Waals surface area contributed by atoms with Crippen molar-refractivity contribution in [2.24, 2.45) is 0 Å². The Morgan fingerprint density at radius 2 is 1.95 bits per heavy atom. The molecule has 2 heterocycles. The summed E-state index contributed by atoms with van der Waals surface area (Å²) in [5.41, 5.74) is 3.13. The molecule has 5 heteroatoms. The van der Waals surface area contributed by atoms with E-state index in [9.17, 15) is 0 Å². The summed E-state index contributed by atoms with van der Waals surface area (Å²) in [5, 5.41) is 4.53. The van der Waals surface area contributed by atoms with Gasteiger partial charge in [-0.15, -0.1) is 0 Å². The smallest absolute Gasteiger partial charge is 0.213 e. The zero-order chi connectivity index (χ0) is 14.7. The van der Waals surface area contributed by atoms with Crippen molar-refractivity contribution in [1.82, 2.24) is 9.97 Å². The minimum atomic E-state index is 0.623. The predicted octanol–water partition coefficient (Wildman–Crippen LogP) is 4.01. The molecule has 0 aliphatic heterocycles. The van der Waals surface area contributed by atoms with Crippen molar-refractivity contribution in [1.29, 1.82) is 0 Å². The zero-order valence-electron chi connectivity index (χ0n) is 11.5. The van der Waals surface area contributed by atoms with Gasteiger partial charge in [-0.25, -0.2) is 4.98 Å². The minimum absolute atomic E-state index is 0.623. The van der Waals surface area contributed by atoms with Crippen LogP contribution in [0, 0.1) is 0 Å². The summed E-state index contributed by atoms with van der Waals surface area (Å²) in [4.78, 5) is 8.49. The molecule has 106 valence electrons. The maximum Gasteiger partial charge on any atom is 0.213 e. The van der Waals surface area contributed by atoms with Gasteiger partial charge in [0.2, 0.25) is 5.88 Å². The van der Waals surface area contributed by atoms with Crippen molar-refractivity contribution in [2.75, 3.05) is 12.4 Å². The Kier molecular flexibility index (Phi) is 4.01. The summed E-state index contributed by atoms with van der Waals surface area (Å²) in [7, 11) is 1.62. The number of pyridine rings is 2. The van der Waals surface area contributed by atoms with Gasteiger partial charge >= 0.3 is 0 Å². The number of rotatable bonds is 4. The summed E-state index contributed by atoms with van der Waals surface area (Å²) in [5.74, 6) is 0.623. The molecular weight excluding hydrogens is 330 g/mol. The van der Waals surface area contributed by atoms with E-state index in [4.69, 9.17) is 4.74 Å². The average molecular weight is 344 g/mol. The fourth-order valence-electron chi connectivity index (χ4n) is 2.14. The van der Waals surface area contributed by atoms with Crippen LogP contribution in [0.1, 0.15) is 5.56 Å². The standard InChI is InChI=1S/C16H14BrN3O/c1-21-16-8-11(4-6-19-16)10-20-14-5-7-18-15-9-12(17)2-3-13(14)15/h2-9H,10H2,1H3,(H,18,20). The van der Waals surface area contributed by atoms with Crippen molar-refractivity contribution < 1.29 is 4.74 Å². The number of hydrogen-bond donors (Lipinski definition) is 1. The Hall–Kier alpha value is -2.14. The lowest BCUT2D eigenvalue weighted by Crippen LogP contribution is -2.01. The van der Waals surface area contributed by atoms with E-state index >= 15 is 0 Å². The van der Waals surface area contributed by atoms with E-state index in [0.29, 0.717) is 12.4 Å². The van der Waals surface area contributed by atoms with Gasteiger partial charge < -0.3 is 10.1 Å². The van der Waals surface area contributed by atoms with Gasteiger partial charge in [-0.3, -0.25) is 4.98 Å². The molecule has 1 aromatic carbocycles. The first-order valence-corrected chi connectivity index (χ1v) is 7.32. The highest BCUT2D eigenvalue weighted by molar-refractivity contribution is 9.10. The van der Waals surface area contributed by atoms with E-state index in [-0.39, 0.29) is 0 Å². The van der Waals surface area contributed by atoms with Gasteiger partial charge in [0, 0.05) is 40.6 Å². The maximum atomic E-state index is 5.14. The van der Waals surface area contributed by atoms with E-state index in [0.717, 1.165) is 26.6 Å². The van der Waals surface area contributed by atoms with Crippen LogP contribution in [-0.2, 0) is 6.54 Å². The maximum absolute atomic E-state index is 5.14. The molecule has 0 saturated heterocycles. The number of aromatic nitrogens is 2. The lowest BCUT2D eigenvalue weighted by molar-refractivity contribution is 0.397. The third-order valence-electron chi connectivity index (χ3n) is 3.20. The van der Waals surface area contributed by atoms with Gasteiger partial charge in [0.05, 0.1) is 12.6 Å². The Balaban J connectivity index is 1.84. The molecule has 0 unspecified atom stereocenters. The molecule has 0 bridgehead atoms. The normalized spacial score (nSPS) is 10.6. The molecule has 0 aliphatic rings. The molecule has 21 heavy (non-hydrogen) atoms.